The second-order valence-electron chi connectivity index (χ2n) is 6.40. The molecule has 0 unspecified atom stereocenters. The monoisotopic (exact) mass is 297 g/mol. The zero-order valence-corrected chi connectivity index (χ0v) is 12.7. The molecule has 1 heterocycles. The number of nitrogens with zero attached hydrogens (tertiary/aromatic N) is 1. The van der Waals surface area contributed by atoms with Crippen molar-refractivity contribution in [2.24, 2.45) is 0 Å². The Balaban J connectivity index is 2.08. The van der Waals surface area contributed by atoms with E-state index in [-0.39, 0.29) is 24.1 Å². The van der Waals surface area contributed by atoms with Crippen LogP contribution in [0.4, 0.5) is 8.78 Å². The van der Waals surface area contributed by atoms with Gasteiger partial charge in [0.1, 0.15) is 23.3 Å². The summed E-state index contributed by atoms with van der Waals surface area (Å²) in [6, 6.07) is 3.00. The summed E-state index contributed by atoms with van der Waals surface area (Å²) >= 11 is 0. The van der Waals surface area contributed by atoms with Crippen molar-refractivity contribution in [3.63, 3.8) is 0 Å². The number of ether oxygens (including phenoxy) is 1. The number of rotatable bonds is 3. The third-order valence-electron chi connectivity index (χ3n) is 3.42. The van der Waals surface area contributed by atoms with Gasteiger partial charge in [0, 0.05) is 12.1 Å². The van der Waals surface area contributed by atoms with Gasteiger partial charge in [0.2, 0.25) is 0 Å². The van der Waals surface area contributed by atoms with Crippen molar-refractivity contribution in [2.75, 3.05) is 6.54 Å². The first-order valence-corrected chi connectivity index (χ1v) is 7.17. The highest BCUT2D eigenvalue weighted by Gasteiger charge is 2.34. The zero-order valence-electron chi connectivity index (χ0n) is 12.7. The molecule has 1 aliphatic heterocycles. The zero-order chi connectivity index (χ0) is 15.6. The molecule has 1 fully saturated rings. The van der Waals surface area contributed by atoms with Crippen molar-refractivity contribution in [3.8, 4) is 0 Å². The summed E-state index contributed by atoms with van der Waals surface area (Å²) in [5.74, 6) is -1.22. The highest BCUT2D eigenvalue weighted by atomic mass is 19.1. The minimum Gasteiger partial charge on any atom is -0.459 e. The van der Waals surface area contributed by atoms with E-state index in [2.05, 4.69) is 0 Å². The molecule has 0 saturated carbocycles. The molecule has 1 saturated heterocycles. The van der Waals surface area contributed by atoms with Crippen LogP contribution < -0.4 is 0 Å². The van der Waals surface area contributed by atoms with Crippen LogP contribution in [0.25, 0.3) is 0 Å². The highest BCUT2D eigenvalue weighted by molar-refractivity contribution is 5.76. The van der Waals surface area contributed by atoms with Crippen molar-refractivity contribution >= 4 is 5.97 Å². The van der Waals surface area contributed by atoms with E-state index in [4.69, 9.17) is 4.74 Å². The van der Waals surface area contributed by atoms with Crippen LogP contribution >= 0.6 is 0 Å². The first-order chi connectivity index (χ1) is 9.76. The molecule has 1 aliphatic rings. The fraction of sp³-hybridized carbons (Fsp3) is 0.562. The Kier molecular flexibility index (Phi) is 4.61. The topological polar surface area (TPSA) is 29.5 Å². The van der Waals surface area contributed by atoms with Gasteiger partial charge in [0.05, 0.1) is 0 Å². The largest absolute Gasteiger partial charge is 0.459 e. The van der Waals surface area contributed by atoms with Crippen LogP contribution in [0.15, 0.2) is 18.2 Å². The fourth-order valence-electron chi connectivity index (χ4n) is 2.54. The number of benzene rings is 1. The molecule has 1 aromatic carbocycles. The van der Waals surface area contributed by atoms with E-state index in [9.17, 15) is 13.6 Å². The SMILES string of the molecule is CC(C)(C)OC(=O)[C@H]1CCCN1Cc1cc(F)ccc1F. The minimum absolute atomic E-state index is 0.216. The van der Waals surface area contributed by atoms with Gasteiger partial charge in [-0.3, -0.25) is 9.69 Å². The number of halogens is 2. The smallest absolute Gasteiger partial charge is 0.323 e. The van der Waals surface area contributed by atoms with Crippen molar-refractivity contribution in [3.05, 3.63) is 35.4 Å². The first-order valence-electron chi connectivity index (χ1n) is 7.17. The quantitative estimate of drug-likeness (QED) is 0.802. The van der Waals surface area contributed by atoms with Crippen molar-refractivity contribution < 1.29 is 18.3 Å². The molecule has 2 rings (SSSR count). The van der Waals surface area contributed by atoms with E-state index in [0.29, 0.717) is 13.0 Å². The molecule has 0 radical (unpaired) electrons. The van der Waals surface area contributed by atoms with Crippen LogP contribution in [-0.2, 0) is 16.1 Å². The van der Waals surface area contributed by atoms with Gasteiger partial charge in [-0.1, -0.05) is 0 Å². The summed E-state index contributed by atoms with van der Waals surface area (Å²) in [5.41, 5.74) is -0.277. The molecule has 21 heavy (non-hydrogen) atoms. The Morgan fingerprint density at radius 3 is 2.76 bits per heavy atom. The summed E-state index contributed by atoms with van der Waals surface area (Å²) in [6.45, 7) is 6.34. The maximum Gasteiger partial charge on any atom is 0.323 e. The number of hydrogen-bond donors (Lipinski definition) is 0. The summed E-state index contributed by atoms with van der Waals surface area (Å²) in [7, 11) is 0. The summed E-state index contributed by atoms with van der Waals surface area (Å²) in [6.07, 6.45) is 1.53. The third kappa shape index (κ3) is 4.24. The van der Waals surface area contributed by atoms with Gasteiger partial charge in [-0.2, -0.15) is 0 Å². The second-order valence-corrected chi connectivity index (χ2v) is 6.40. The van der Waals surface area contributed by atoms with E-state index < -0.39 is 17.2 Å². The second kappa shape index (κ2) is 6.10. The molecule has 1 atom stereocenters. The van der Waals surface area contributed by atoms with Gasteiger partial charge >= 0.3 is 5.97 Å². The Bertz CT molecular complexity index is 525. The van der Waals surface area contributed by atoms with Gasteiger partial charge in [-0.05, 0) is 58.4 Å². The summed E-state index contributed by atoms with van der Waals surface area (Å²) in [4.78, 5) is 14.0. The number of hydrogen-bond acceptors (Lipinski definition) is 3. The minimum atomic E-state index is -0.546. The lowest BCUT2D eigenvalue weighted by Gasteiger charge is -2.27. The van der Waals surface area contributed by atoms with Gasteiger partial charge in [0.15, 0.2) is 0 Å². The first kappa shape index (κ1) is 15.9. The summed E-state index contributed by atoms with van der Waals surface area (Å²) in [5, 5.41) is 0. The molecule has 1 aromatic rings. The molecule has 3 nitrogen and oxygen atoms in total. The molecule has 0 spiro atoms. The van der Waals surface area contributed by atoms with Gasteiger partial charge < -0.3 is 4.74 Å². The molecule has 0 aliphatic carbocycles. The number of esters is 1. The lowest BCUT2D eigenvalue weighted by atomic mass is 10.1. The molecule has 0 amide bonds. The molecule has 0 bridgehead atoms. The number of likely N-dealkylation sites (tertiary alicyclic amines) is 1. The van der Waals surface area contributed by atoms with Gasteiger partial charge in [0.25, 0.3) is 0 Å². The van der Waals surface area contributed by atoms with Gasteiger partial charge in [-0.25, -0.2) is 8.78 Å². The van der Waals surface area contributed by atoms with E-state index in [1.807, 2.05) is 25.7 Å². The van der Waals surface area contributed by atoms with E-state index in [1.54, 1.807) is 0 Å². The normalized spacial score (nSPS) is 19.8. The molecule has 5 heteroatoms. The average Bonchev–Trinajstić information content (AvgIpc) is 2.80. The maximum absolute atomic E-state index is 13.7. The van der Waals surface area contributed by atoms with Crippen molar-refractivity contribution in [1.82, 2.24) is 4.90 Å². The van der Waals surface area contributed by atoms with Crippen LogP contribution in [0.3, 0.4) is 0 Å². The standard InChI is InChI=1S/C16H21F2NO2/c1-16(2,3)21-15(20)14-5-4-8-19(14)10-11-9-12(17)6-7-13(11)18/h6-7,9,14H,4-5,8,10H2,1-3H3/t14-/m1/s1. The molecule has 0 N–H and O–H groups in total. The lowest BCUT2D eigenvalue weighted by molar-refractivity contribution is -0.160. The van der Waals surface area contributed by atoms with Crippen LogP contribution in [0.2, 0.25) is 0 Å². The Morgan fingerprint density at radius 1 is 1.38 bits per heavy atom. The average molecular weight is 297 g/mol. The Hall–Kier alpha value is -1.49. The van der Waals surface area contributed by atoms with Crippen molar-refractivity contribution in [1.29, 1.82) is 0 Å². The van der Waals surface area contributed by atoms with Crippen molar-refractivity contribution in [2.45, 2.75) is 51.8 Å². The van der Waals surface area contributed by atoms with Crippen LogP contribution in [0.1, 0.15) is 39.2 Å². The fourth-order valence-corrected chi connectivity index (χ4v) is 2.54. The van der Waals surface area contributed by atoms with Crippen LogP contribution in [0, 0.1) is 11.6 Å². The third-order valence-corrected chi connectivity index (χ3v) is 3.42. The Morgan fingerprint density at radius 2 is 2.10 bits per heavy atom. The summed E-state index contributed by atoms with van der Waals surface area (Å²) < 4.78 is 32.3. The highest BCUT2D eigenvalue weighted by Crippen LogP contribution is 2.24. The maximum atomic E-state index is 13.7. The van der Waals surface area contributed by atoms with Crippen LogP contribution in [0.5, 0.6) is 0 Å². The van der Waals surface area contributed by atoms with E-state index in [0.717, 1.165) is 18.6 Å². The van der Waals surface area contributed by atoms with E-state index in [1.165, 1.54) is 6.07 Å². The number of carbonyl (C=O) groups is 1. The van der Waals surface area contributed by atoms with Gasteiger partial charge in [-0.15, -0.1) is 0 Å². The Labute approximate surface area is 123 Å². The lowest BCUT2D eigenvalue weighted by Crippen LogP contribution is -2.40. The predicted octanol–water partition coefficient (Wildman–Crippen LogP) is 3.27. The number of carbonyl (C=O) groups excluding carboxylic acids is 1. The molecule has 0 aromatic heterocycles. The van der Waals surface area contributed by atoms with E-state index >= 15 is 0 Å². The predicted molar refractivity (Wildman–Crippen MR) is 75.6 cm³/mol. The molecular formula is C16H21F2NO2. The van der Waals surface area contributed by atoms with Crippen LogP contribution in [-0.4, -0.2) is 29.1 Å². The molecular weight excluding hydrogens is 276 g/mol. The molecule has 116 valence electrons.